The van der Waals surface area contributed by atoms with Crippen LogP contribution in [0.1, 0.15) is 5.56 Å². The van der Waals surface area contributed by atoms with Gasteiger partial charge in [0.1, 0.15) is 17.7 Å². The molecule has 0 aliphatic heterocycles. The molecule has 0 aliphatic carbocycles. The fourth-order valence-electron chi connectivity index (χ4n) is 1.53. The van der Waals surface area contributed by atoms with Crippen LogP contribution in [0.5, 0.6) is 0 Å². The van der Waals surface area contributed by atoms with Crippen LogP contribution in [0.3, 0.4) is 0 Å². The van der Waals surface area contributed by atoms with Gasteiger partial charge in [-0.2, -0.15) is 5.26 Å². The minimum atomic E-state index is -4.00. The first-order valence-corrected chi connectivity index (χ1v) is 7.78. The Kier molecular flexibility index (Phi) is 4.25. The van der Waals surface area contributed by atoms with Gasteiger partial charge in [0.2, 0.25) is 0 Å². The maximum absolute atomic E-state index is 13.2. The molecule has 0 bridgehead atoms. The normalized spacial score (nSPS) is 11.0. The number of nitrogens with zero attached hydrogens (tertiary/aromatic N) is 1. The zero-order chi connectivity index (χ0) is 15.6. The predicted molar refractivity (Wildman–Crippen MR) is 76.0 cm³/mol. The van der Waals surface area contributed by atoms with Crippen LogP contribution in [0.4, 0.5) is 14.5 Å². The van der Waals surface area contributed by atoms with Crippen LogP contribution in [-0.4, -0.2) is 8.42 Å². The third kappa shape index (κ3) is 3.37. The number of nitrogens with one attached hydrogen (secondary N) is 1. The number of nitriles is 1. The zero-order valence-corrected chi connectivity index (χ0v) is 12.7. The van der Waals surface area contributed by atoms with Crippen LogP contribution in [0, 0.1) is 23.0 Å². The minimum Gasteiger partial charge on any atom is -0.280 e. The van der Waals surface area contributed by atoms with Crippen molar-refractivity contribution in [3.05, 3.63) is 58.1 Å². The zero-order valence-electron chi connectivity index (χ0n) is 10.3. The van der Waals surface area contributed by atoms with Gasteiger partial charge < -0.3 is 0 Å². The van der Waals surface area contributed by atoms with Gasteiger partial charge in [-0.05, 0) is 52.3 Å². The van der Waals surface area contributed by atoms with Crippen molar-refractivity contribution in [2.45, 2.75) is 4.90 Å². The molecule has 0 unspecified atom stereocenters. The van der Waals surface area contributed by atoms with Crippen LogP contribution in [0.15, 0.2) is 45.8 Å². The number of benzene rings is 2. The summed E-state index contributed by atoms with van der Waals surface area (Å²) in [6, 6.07) is 8.01. The Morgan fingerprint density at radius 3 is 2.38 bits per heavy atom. The van der Waals surface area contributed by atoms with Gasteiger partial charge in [-0.25, -0.2) is 17.2 Å². The van der Waals surface area contributed by atoms with Gasteiger partial charge in [0, 0.05) is 0 Å². The molecule has 8 heteroatoms. The average molecular weight is 373 g/mol. The fraction of sp³-hybridized carbons (Fsp3) is 0. The number of halogens is 3. The van der Waals surface area contributed by atoms with Crippen molar-refractivity contribution >= 4 is 31.6 Å². The van der Waals surface area contributed by atoms with Gasteiger partial charge in [0.05, 0.1) is 20.6 Å². The molecule has 4 nitrogen and oxygen atoms in total. The van der Waals surface area contributed by atoms with Crippen LogP contribution >= 0.6 is 15.9 Å². The maximum Gasteiger partial charge on any atom is 0.261 e. The molecule has 0 fully saturated rings. The largest absolute Gasteiger partial charge is 0.280 e. The lowest BCUT2D eigenvalue weighted by Crippen LogP contribution is -2.13. The van der Waals surface area contributed by atoms with Crippen LogP contribution in [0.25, 0.3) is 0 Å². The van der Waals surface area contributed by atoms with Crippen molar-refractivity contribution < 1.29 is 17.2 Å². The molecular formula is C13H7BrF2N2O2S. The number of rotatable bonds is 3. The van der Waals surface area contributed by atoms with E-state index < -0.39 is 21.7 Å². The molecule has 21 heavy (non-hydrogen) atoms. The summed E-state index contributed by atoms with van der Waals surface area (Å²) in [5.41, 5.74) is -0.246. The topological polar surface area (TPSA) is 70.0 Å². The van der Waals surface area contributed by atoms with E-state index in [0.29, 0.717) is 0 Å². The number of sulfonamides is 1. The Bertz CT molecular complexity index is 848. The SMILES string of the molecule is N#Cc1cc(S(=O)(=O)Nc2ccc(F)c(Br)c2)ccc1F. The molecule has 0 aromatic heterocycles. The smallest absolute Gasteiger partial charge is 0.261 e. The lowest BCUT2D eigenvalue weighted by molar-refractivity contribution is 0.599. The van der Waals surface area contributed by atoms with Crippen LogP contribution in [-0.2, 0) is 10.0 Å². The molecule has 0 saturated carbocycles. The standard InChI is InChI=1S/C13H7BrF2N2O2S/c14-11-6-9(1-3-13(11)16)18-21(19,20)10-2-4-12(15)8(5-10)7-17/h1-6,18H. The molecule has 2 aromatic rings. The highest BCUT2D eigenvalue weighted by Gasteiger charge is 2.17. The van der Waals surface area contributed by atoms with Crippen molar-refractivity contribution in [2.24, 2.45) is 0 Å². The third-order valence-corrected chi connectivity index (χ3v) is 4.53. The van der Waals surface area contributed by atoms with E-state index in [1.807, 2.05) is 0 Å². The van der Waals surface area contributed by atoms with Crippen molar-refractivity contribution in [3.8, 4) is 6.07 Å². The third-order valence-electron chi connectivity index (χ3n) is 2.54. The summed E-state index contributed by atoms with van der Waals surface area (Å²) >= 11 is 2.94. The highest BCUT2D eigenvalue weighted by atomic mass is 79.9. The van der Waals surface area contributed by atoms with Crippen LogP contribution < -0.4 is 4.72 Å². The maximum atomic E-state index is 13.2. The lowest BCUT2D eigenvalue weighted by Gasteiger charge is -2.09. The molecule has 108 valence electrons. The van der Waals surface area contributed by atoms with Crippen molar-refractivity contribution in [1.82, 2.24) is 0 Å². The molecule has 1 N–H and O–H groups in total. The molecule has 0 amide bonds. The van der Waals surface area contributed by atoms with Crippen molar-refractivity contribution in [3.63, 3.8) is 0 Å². The summed E-state index contributed by atoms with van der Waals surface area (Å²) < 4.78 is 52.9. The lowest BCUT2D eigenvalue weighted by atomic mass is 10.2. The van der Waals surface area contributed by atoms with E-state index in [2.05, 4.69) is 20.7 Å². The van der Waals surface area contributed by atoms with E-state index >= 15 is 0 Å². The summed E-state index contributed by atoms with van der Waals surface area (Å²) in [5.74, 6) is -1.34. The Balaban J connectivity index is 2.38. The van der Waals surface area contributed by atoms with Gasteiger partial charge in [-0.1, -0.05) is 0 Å². The van der Waals surface area contributed by atoms with Crippen LogP contribution in [0.2, 0.25) is 0 Å². The Hall–Kier alpha value is -1.98. The molecule has 0 heterocycles. The first-order chi connectivity index (χ1) is 9.83. The fourth-order valence-corrected chi connectivity index (χ4v) is 2.99. The van der Waals surface area contributed by atoms with E-state index in [1.54, 1.807) is 6.07 Å². The molecule has 0 aliphatic rings. The van der Waals surface area contributed by atoms with Gasteiger partial charge in [0.15, 0.2) is 0 Å². The minimum absolute atomic E-state index is 0.0968. The second-order valence-electron chi connectivity index (χ2n) is 3.99. The summed E-state index contributed by atoms with van der Waals surface area (Å²) in [6.07, 6.45) is 0. The van der Waals surface area contributed by atoms with E-state index in [-0.39, 0.29) is 20.6 Å². The Morgan fingerprint density at radius 2 is 1.76 bits per heavy atom. The molecule has 2 rings (SSSR count). The number of anilines is 1. The average Bonchev–Trinajstić information content (AvgIpc) is 2.43. The number of hydrogen-bond acceptors (Lipinski definition) is 3. The summed E-state index contributed by atoms with van der Waals surface area (Å²) in [6.45, 7) is 0. The monoisotopic (exact) mass is 372 g/mol. The van der Waals surface area contributed by atoms with Crippen molar-refractivity contribution in [2.75, 3.05) is 4.72 Å². The Labute approximate surface area is 128 Å². The van der Waals surface area contributed by atoms with Gasteiger partial charge in [-0.3, -0.25) is 4.72 Å². The van der Waals surface area contributed by atoms with Crippen molar-refractivity contribution in [1.29, 1.82) is 5.26 Å². The molecule has 0 saturated heterocycles. The second-order valence-corrected chi connectivity index (χ2v) is 6.52. The summed E-state index contributed by atoms with van der Waals surface area (Å²) in [5, 5.41) is 8.71. The quantitative estimate of drug-likeness (QED) is 0.897. The van der Waals surface area contributed by atoms with Gasteiger partial charge >= 0.3 is 0 Å². The predicted octanol–water partition coefficient (Wildman–Crippen LogP) is 3.40. The molecular weight excluding hydrogens is 366 g/mol. The first-order valence-electron chi connectivity index (χ1n) is 5.51. The highest BCUT2D eigenvalue weighted by molar-refractivity contribution is 9.10. The first kappa shape index (κ1) is 15.4. The van der Waals surface area contributed by atoms with E-state index in [9.17, 15) is 17.2 Å². The van der Waals surface area contributed by atoms with Gasteiger partial charge in [-0.15, -0.1) is 0 Å². The summed E-state index contributed by atoms with van der Waals surface area (Å²) in [4.78, 5) is -0.263. The molecule has 0 spiro atoms. The van der Waals surface area contributed by atoms with E-state index in [0.717, 1.165) is 24.3 Å². The summed E-state index contributed by atoms with van der Waals surface area (Å²) in [7, 11) is -4.00. The van der Waals surface area contributed by atoms with Gasteiger partial charge in [0.25, 0.3) is 10.0 Å². The van der Waals surface area contributed by atoms with E-state index in [4.69, 9.17) is 5.26 Å². The molecule has 0 atom stereocenters. The second kappa shape index (κ2) is 5.79. The Morgan fingerprint density at radius 1 is 1.10 bits per heavy atom. The van der Waals surface area contributed by atoms with E-state index in [1.165, 1.54) is 12.1 Å². The number of hydrogen-bond donors (Lipinski definition) is 1. The molecule has 2 aromatic carbocycles. The molecule has 0 radical (unpaired) electrons. The highest BCUT2D eigenvalue weighted by Crippen LogP contribution is 2.23.